The Morgan fingerprint density at radius 2 is 2.05 bits per heavy atom. The van der Waals surface area contributed by atoms with Crippen molar-refractivity contribution in [2.24, 2.45) is 5.73 Å². The number of primary amides is 1. The lowest BCUT2D eigenvalue weighted by Gasteiger charge is -2.16. The van der Waals surface area contributed by atoms with E-state index in [4.69, 9.17) is 5.73 Å². The molecule has 2 aromatic rings. The molecular formula is C16H15BrN2O. The van der Waals surface area contributed by atoms with Gasteiger partial charge in [-0.05, 0) is 48.2 Å². The standard InChI is InChI=1S/C16H15BrN2O/c17-14-6-2-5-13-12(14)7-8-15(13)19-11-4-1-3-10(9-11)16(18)20/h1-6,9,15,19H,7-8H2,(H2,18,20). The molecule has 0 saturated carbocycles. The maximum atomic E-state index is 11.2. The Morgan fingerprint density at radius 1 is 1.25 bits per heavy atom. The van der Waals surface area contributed by atoms with Crippen molar-refractivity contribution in [1.29, 1.82) is 0 Å². The van der Waals surface area contributed by atoms with Crippen LogP contribution < -0.4 is 11.1 Å². The summed E-state index contributed by atoms with van der Waals surface area (Å²) in [5.74, 6) is -0.400. The Balaban J connectivity index is 1.86. The fraction of sp³-hybridized carbons (Fsp3) is 0.188. The van der Waals surface area contributed by atoms with Gasteiger partial charge in [-0.1, -0.05) is 34.1 Å². The molecule has 0 saturated heterocycles. The van der Waals surface area contributed by atoms with E-state index in [1.54, 1.807) is 12.1 Å². The number of anilines is 1. The zero-order valence-electron chi connectivity index (χ0n) is 10.9. The molecule has 3 nitrogen and oxygen atoms in total. The van der Waals surface area contributed by atoms with Crippen LogP contribution in [-0.4, -0.2) is 5.91 Å². The van der Waals surface area contributed by atoms with E-state index in [1.165, 1.54) is 15.6 Å². The summed E-state index contributed by atoms with van der Waals surface area (Å²) in [5, 5.41) is 3.49. The molecule has 0 bridgehead atoms. The highest BCUT2D eigenvalue weighted by molar-refractivity contribution is 9.10. The number of benzene rings is 2. The van der Waals surface area contributed by atoms with Crippen LogP contribution in [0.15, 0.2) is 46.9 Å². The van der Waals surface area contributed by atoms with Gasteiger partial charge >= 0.3 is 0 Å². The van der Waals surface area contributed by atoms with E-state index in [0.717, 1.165) is 18.5 Å². The number of nitrogens with two attached hydrogens (primary N) is 1. The number of hydrogen-bond acceptors (Lipinski definition) is 2. The molecule has 102 valence electrons. The van der Waals surface area contributed by atoms with Crippen molar-refractivity contribution in [2.75, 3.05) is 5.32 Å². The molecule has 1 amide bonds. The van der Waals surface area contributed by atoms with Crippen LogP contribution >= 0.6 is 15.9 Å². The third-order valence-corrected chi connectivity index (χ3v) is 4.44. The van der Waals surface area contributed by atoms with Crippen LogP contribution in [0.4, 0.5) is 5.69 Å². The van der Waals surface area contributed by atoms with Crippen molar-refractivity contribution in [3.05, 3.63) is 63.6 Å². The second-order valence-electron chi connectivity index (χ2n) is 4.99. The van der Waals surface area contributed by atoms with Gasteiger partial charge in [-0.2, -0.15) is 0 Å². The molecule has 0 spiro atoms. The minimum absolute atomic E-state index is 0.283. The highest BCUT2D eigenvalue weighted by Crippen LogP contribution is 2.37. The Morgan fingerprint density at radius 3 is 2.85 bits per heavy atom. The predicted molar refractivity (Wildman–Crippen MR) is 83.8 cm³/mol. The summed E-state index contributed by atoms with van der Waals surface area (Å²) in [6, 6.07) is 13.9. The lowest BCUT2D eigenvalue weighted by atomic mass is 10.1. The molecule has 3 rings (SSSR count). The van der Waals surface area contributed by atoms with Crippen molar-refractivity contribution in [1.82, 2.24) is 0 Å². The van der Waals surface area contributed by atoms with E-state index < -0.39 is 5.91 Å². The molecule has 0 radical (unpaired) electrons. The van der Waals surface area contributed by atoms with Crippen molar-refractivity contribution < 1.29 is 4.79 Å². The van der Waals surface area contributed by atoms with Gasteiger partial charge in [0.15, 0.2) is 0 Å². The number of fused-ring (bicyclic) bond motifs is 1. The van der Waals surface area contributed by atoms with E-state index in [9.17, 15) is 4.79 Å². The molecular weight excluding hydrogens is 316 g/mol. The molecule has 1 atom stereocenters. The van der Waals surface area contributed by atoms with Gasteiger partial charge in [-0.15, -0.1) is 0 Å². The summed E-state index contributed by atoms with van der Waals surface area (Å²) in [4.78, 5) is 11.2. The Labute approximate surface area is 126 Å². The normalized spacial score (nSPS) is 16.8. The van der Waals surface area contributed by atoms with Crippen LogP contribution in [0, 0.1) is 0 Å². The van der Waals surface area contributed by atoms with Gasteiger partial charge in [-0.3, -0.25) is 4.79 Å². The average molecular weight is 331 g/mol. The molecule has 1 aliphatic rings. The van der Waals surface area contributed by atoms with Crippen LogP contribution in [0.3, 0.4) is 0 Å². The van der Waals surface area contributed by atoms with Gasteiger partial charge in [0.2, 0.25) is 5.91 Å². The maximum Gasteiger partial charge on any atom is 0.248 e. The topological polar surface area (TPSA) is 55.1 Å². The zero-order chi connectivity index (χ0) is 14.1. The van der Waals surface area contributed by atoms with E-state index in [0.29, 0.717) is 5.56 Å². The summed E-state index contributed by atoms with van der Waals surface area (Å²) >= 11 is 3.60. The summed E-state index contributed by atoms with van der Waals surface area (Å²) in [7, 11) is 0. The van der Waals surface area contributed by atoms with Crippen LogP contribution in [-0.2, 0) is 6.42 Å². The SMILES string of the molecule is NC(=O)c1cccc(NC2CCc3c(Br)cccc32)c1. The molecule has 0 fully saturated rings. The monoisotopic (exact) mass is 330 g/mol. The van der Waals surface area contributed by atoms with Crippen LogP contribution in [0.25, 0.3) is 0 Å². The molecule has 20 heavy (non-hydrogen) atoms. The Hall–Kier alpha value is -1.81. The van der Waals surface area contributed by atoms with Gasteiger partial charge in [0.25, 0.3) is 0 Å². The minimum Gasteiger partial charge on any atom is -0.378 e. The second kappa shape index (κ2) is 5.29. The van der Waals surface area contributed by atoms with Crippen molar-refractivity contribution in [3.63, 3.8) is 0 Å². The fourth-order valence-electron chi connectivity index (χ4n) is 2.72. The first-order valence-electron chi connectivity index (χ1n) is 6.59. The Bertz CT molecular complexity index is 669. The van der Waals surface area contributed by atoms with E-state index in [2.05, 4.69) is 39.4 Å². The Kier molecular flexibility index (Phi) is 3.49. The number of hydrogen-bond donors (Lipinski definition) is 2. The molecule has 3 N–H and O–H groups in total. The van der Waals surface area contributed by atoms with E-state index in [1.807, 2.05) is 12.1 Å². The average Bonchev–Trinajstić information content (AvgIpc) is 2.84. The number of nitrogens with one attached hydrogen (secondary N) is 1. The first kappa shape index (κ1) is 13.2. The van der Waals surface area contributed by atoms with Crippen LogP contribution in [0.2, 0.25) is 0 Å². The summed E-state index contributed by atoms with van der Waals surface area (Å²) < 4.78 is 1.17. The third kappa shape index (κ3) is 2.43. The lowest BCUT2D eigenvalue weighted by Crippen LogP contribution is -2.12. The fourth-order valence-corrected chi connectivity index (χ4v) is 3.30. The summed E-state index contributed by atoms with van der Waals surface area (Å²) in [5.41, 5.74) is 9.47. The minimum atomic E-state index is -0.400. The second-order valence-corrected chi connectivity index (χ2v) is 5.84. The molecule has 0 aromatic heterocycles. The zero-order valence-corrected chi connectivity index (χ0v) is 12.5. The van der Waals surface area contributed by atoms with Gasteiger partial charge in [0, 0.05) is 15.7 Å². The van der Waals surface area contributed by atoms with Gasteiger partial charge in [0.1, 0.15) is 0 Å². The number of halogens is 1. The maximum absolute atomic E-state index is 11.2. The van der Waals surface area contributed by atoms with Crippen molar-refractivity contribution >= 4 is 27.5 Å². The molecule has 2 aromatic carbocycles. The summed E-state index contributed by atoms with van der Waals surface area (Å²) in [6.07, 6.45) is 2.11. The number of carbonyl (C=O) groups is 1. The molecule has 1 unspecified atom stereocenters. The highest BCUT2D eigenvalue weighted by Gasteiger charge is 2.23. The molecule has 0 heterocycles. The third-order valence-electron chi connectivity index (χ3n) is 3.70. The lowest BCUT2D eigenvalue weighted by molar-refractivity contribution is 0.100. The molecule has 1 aliphatic carbocycles. The largest absolute Gasteiger partial charge is 0.378 e. The smallest absolute Gasteiger partial charge is 0.248 e. The molecule has 0 aliphatic heterocycles. The number of rotatable bonds is 3. The van der Waals surface area contributed by atoms with Crippen LogP contribution in [0.1, 0.15) is 33.9 Å². The first-order valence-corrected chi connectivity index (χ1v) is 7.38. The highest BCUT2D eigenvalue weighted by atomic mass is 79.9. The first-order chi connectivity index (χ1) is 9.65. The predicted octanol–water partition coefficient (Wildman–Crippen LogP) is 3.65. The van der Waals surface area contributed by atoms with Gasteiger partial charge in [-0.25, -0.2) is 0 Å². The van der Waals surface area contributed by atoms with Gasteiger partial charge in [0.05, 0.1) is 6.04 Å². The quantitative estimate of drug-likeness (QED) is 0.902. The van der Waals surface area contributed by atoms with E-state index in [-0.39, 0.29) is 6.04 Å². The molecule has 4 heteroatoms. The van der Waals surface area contributed by atoms with Crippen molar-refractivity contribution in [2.45, 2.75) is 18.9 Å². The van der Waals surface area contributed by atoms with Crippen LogP contribution in [0.5, 0.6) is 0 Å². The number of carbonyl (C=O) groups excluding carboxylic acids is 1. The van der Waals surface area contributed by atoms with E-state index >= 15 is 0 Å². The number of amides is 1. The van der Waals surface area contributed by atoms with Gasteiger partial charge < -0.3 is 11.1 Å². The summed E-state index contributed by atoms with van der Waals surface area (Å²) in [6.45, 7) is 0. The van der Waals surface area contributed by atoms with Crippen molar-refractivity contribution in [3.8, 4) is 0 Å².